The highest BCUT2D eigenvalue weighted by atomic mass is 16.6. The first-order valence-corrected chi connectivity index (χ1v) is 10.2. The van der Waals surface area contributed by atoms with Gasteiger partial charge in [-0.25, -0.2) is 0 Å². The van der Waals surface area contributed by atoms with Crippen LogP contribution in [0.2, 0.25) is 0 Å². The Hall–Kier alpha value is -2.46. The predicted octanol–water partition coefficient (Wildman–Crippen LogP) is 4.84. The van der Waals surface area contributed by atoms with Crippen LogP contribution in [0.25, 0.3) is 0 Å². The van der Waals surface area contributed by atoms with Crippen LogP contribution >= 0.6 is 0 Å². The Bertz CT molecular complexity index is 775. The molecule has 2 rings (SSSR count). The molecule has 0 aliphatic heterocycles. The minimum Gasteiger partial charge on any atom is -0.458 e. The van der Waals surface area contributed by atoms with Crippen molar-refractivity contribution in [3.8, 4) is 0 Å². The van der Waals surface area contributed by atoms with Gasteiger partial charge in [0.05, 0.1) is 0 Å². The molecular weight excluding hydrogens is 362 g/mol. The number of hydrogen-bond acceptors (Lipinski definition) is 4. The third kappa shape index (κ3) is 8.20. The molecule has 0 radical (unpaired) electrons. The molecule has 0 spiro atoms. The molecule has 0 amide bonds. The summed E-state index contributed by atoms with van der Waals surface area (Å²) >= 11 is 0. The van der Waals surface area contributed by atoms with E-state index in [4.69, 9.17) is 4.74 Å². The van der Waals surface area contributed by atoms with Crippen LogP contribution in [0.3, 0.4) is 0 Å². The normalized spacial score (nSPS) is 15.0. The Balaban J connectivity index is 2.00. The molecule has 1 atom stereocenters. The summed E-state index contributed by atoms with van der Waals surface area (Å²) in [6, 6.07) is 10.6. The van der Waals surface area contributed by atoms with E-state index in [-0.39, 0.29) is 12.2 Å². The molecule has 29 heavy (non-hydrogen) atoms. The van der Waals surface area contributed by atoms with Crippen LogP contribution in [0.5, 0.6) is 0 Å². The van der Waals surface area contributed by atoms with Gasteiger partial charge in [0.1, 0.15) is 17.8 Å². The van der Waals surface area contributed by atoms with Gasteiger partial charge >= 0.3 is 5.97 Å². The van der Waals surface area contributed by atoms with Crippen molar-refractivity contribution in [2.45, 2.75) is 51.6 Å². The molecule has 1 aliphatic carbocycles. The van der Waals surface area contributed by atoms with Crippen LogP contribution in [0.4, 0.5) is 0 Å². The van der Waals surface area contributed by atoms with Crippen molar-refractivity contribution in [1.29, 1.82) is 0 Å². The third-order valence-corrected chi connectivity index (χ3v) is 4.86. The number of carbonyl (C=O) groups excluding carboxylic acids is 2. The van der Waals surface area contributed by atoms with E-state index in [9.17, 15) is 9.59 Å². The minimum atomic E-state index is -0.644. The van der Waals surface area contributed by atoms with Gasteiger partial charge in [0.15, 0.2) is 0 Å². The van der Waals surface area contributed by atoms with Crippen molar-refractivity contribution >= 4 is 11.8 Å². The number of ketones is 1. The second kappa shape index (κ2) is 10.9. The SMILES string of the molecule is CC(=O)CC(=O)OC(C)(C)CN(C)CCC(C1=CCC=CC=C1)c1ccccc1. The van der Waals surface area contributed by atoms with Gasteiger partial charge in [-0.15, -0.1) is 0 Å². The van der Waals surface area contributed by atoms with Crippen molar-refractivity contribution in [2.24, 2.45) is 0 Å². The third-order valence-electron chi connectivity index (χ3n) is 4.86. The maximum Gasteiger partial charge on any atom is 0.313 e. The number of nitrogens with zero attached hydrogens (tertiary/aromatic N) is 1. The monoisotopic (exact) mass is 395 g/mol. The van der Waals surface area contributed by atoms with Gasteiger partial charge in [-0.05, 0) is 58.3 Å². The van der Waals surface area contributed by atoms with Gasteiger partial charge in [-0.1, -0.05) is 60.7 Å². The lowest BCUT2D eigenvalue weighted by Gasteiger charge is -2.31. The molecule has 1 aliphatic rings. The Morgan fingerprint density at radius 3 is 2.59 bits per heavy atom. The van der Waals surface area contributed by atoms with Crippen LogP contribution in [0.1, 0.15) is 51.5 Å². The highest BCUT2D eigenvalue weighted by Crippen LogP contribution is 2.30. The van der Waals surface area contributed by atoms with Gasteiger partial charge in [0.25, 0.3) is 0 Å². The summed E-state index contributed by atoms with van der Waals surface area (Å²) in [4.78, 5) is 25.2. The number of esters is 1. The number of carbonyl (C=O) groups is 2. The summed E-state index contributed by atoms with van der Waals surface area (Å²) in [5, 5.41) is 0. The van der Waals surface area contributed by atoms with Crippen LogP contribution in [0.15, 0.2) is 66.3 Å². The predicted molar refractivity (Wildman–Crippen MR) is 118 cm³/mol. The van der Waals surface area contributed by atoms with E-state index in [1.165, 1.54) is 18.1 Å². The van der Waals surface area contributed by atoms with Gasteiger partial charge in [-0.3, -0.25) is 9.59 Å². The Morgan fingerprint density at radius 2 is 1.90 bits per heavy atom. The van der Waals surface area contributed by atoms with E-state index in [0.717, 1.165) is 19.4 Å². The number of benzene rings is 1. The zero-order valence-electron chi connectivity index (χ0n) is 18.1. The summed E-state index contributed by atoms with van der Waals surface area (Å²) in [5.74, 6) is -0.318. The second-order valence-electron chi connectivity index (χ2n) is 8.33. The van der Waals surface area contributed by atoms with Crippen LogP contribution < -0.4 is 0 Å². The van der Waals surface area contributed by atoms with Gasteiger partial charge in [0, 0.05) is 12.5 Å². The van der Waals surface area contributed by atoms with E-state index in [1.807, 2.05) is 27.0 Å². The van der Waals surface area contributed by atoms with Crippen LogP contribution in [-0.2, 0) is 14.3 Å². The summed E-state index contributed by atoms with van der Waals surface area (Å²) in [7, 11) is 2.04. The molecule has 0 fully saturated rings. The summed E-state index contributed by atoms with van der Waals surface area (Å²) in [6.07, 6.45) is 12.6. The number of likely N-dealkylation sites (N-methyl/N-ethyl adjacent to an activating group) is 1. The average Bonchev–Trinajstić information content (AvgIpc) is 2.90. The number of allylic oxidation sites excluding steroid dienone is 6. The molecule has 0 N–H and O–H groups in total. The average molecular weight is 396 g/mol. The first kappa shape index (κ1) is 22.8. The summed E-state index contributed by atoms with van der Waals surface area (Å²) in [5.41, 5.74) is 2.00. The number of rotatable bonds is 10. The Labute approximate surface area is 174 Å². The Kier molecular flexibility index (Phi) is 8.59. The molecule has 1 aromatic carbocycles. The molecule has 0 heterocycles. The minimum absolute atomic E-state index is 0.169. The molecule has 0 bridgehead atoms. The lowest BCUT2D eigenvalue weighted by molar-refractivity contribution is -0.158. The fourth-order valence-corrected chi connectivity index (χ4v) is 3.72. The van der Waals surface area contributed by atoms with Crippen LogP contribution in [0, 0.1) is 0 Å². The van der Waals surface area contributed by atoms with E-state index < -0.39 is 11.6 Å². The van der Waals surface area contributed by atoms with Gasteiger partial charge in [0.2, 0.25) is 0 Å². The van der Waals surface area contributed by atoms with E-state index in [2.05, 4.69) is 59.5 Å². The van der Waals surface area contributed by atoms with Crippen LogP contribution in [-0.4, -0.2) is 42.4 Å². The van der Waals surface area contributed by atoms with Crippen molar-refractivity contribution in [3.63, 3.8) is 0 Å². The van der Waals surface area contributed by atoms with Gasteiger partial charge in [-0.2, -0.15) is 0 Å². The molecule has 0 aromatic heterocycles. The van der Waals surface area contributed by atoms with Crippen molar-refractivity contribution < 1.29 is 14.3 Å². The second-order valence-corrected chi connectivity index (χ2v) is 8.33. The first-order valence-electron chi connectivity index (χ1n) is 10.2. The lowest BCUT2D eigenvalue weighted by Crippen LogP contribution is -2.41. The topological polar surface area (TPSA) is 46.6 Å². The molecule has 4 nitrogen and oxygen atoms in total. The van der Waals surface area contributed by atoms with E-state index in [0.29, 0.717) is 12.5 Å². The highest BCUT2D eigenvalue weighted by molar-refractivity contribution is 5.94. The molecule has 156 valence electrons. The first-order chi connectivity index (χ1) is 13.8. The maximum atomic E-state index is 11.9. The quantitative estimate of drug-likeness (QED) is 0.420. The zero-order chi connectivity index (χ0) is 21.3. The fraction of sp³-hybridized carbons (Fsp3) is 0.440. The van der Waals surface area contributed by atoms with E-state index in [1.54, 1.807) is 0 Å². The smallest absolute Gasteiger partial charge is 0.313 e. The van der Waals surface area contributed by atoms with Gasteiger partial charge < -0.3 is 9.64 Å². The largest absolute Gasteiger partial charge is 0.458 e. The zero-order valence-corrected chi connectivity index (χ0v) is 18.1. The molecular formula is C25H33NO3. The standard InChI is InChI=1S/C25H33NO3/c1-20(27)18-24(28)29-25(2,3)19-26(4)17-16-23(22-14-10-7-11-15-22)21-12-8-5-6-9-13-21/h5-8,10-15,23H,9,16-19H2,1-4H3. The van der Waals surface area contributed by atoms with Crippen molar-refractivity contribution in [1.82, 2.24) is 4.90 Å². The molecule has 1 unspecified atom stereocenters. The molecule has 4 heteroatoms. The number of hydrogen-bond donors (Lipinski definition) is 0. The number of Topliss-reactive ketones (excluding diaryl/α,β-unsaturated/α-hetero) is 1. The highest BCUT2D eigenvalue weighted by Gasteiger charge is 2.26. The molecule has 0 saturated carbocycles. The van der Waals surface area contributed by atoms with E-state index >= 15 is 0 Å². The van der Waals surface area contributed by atoms with Crippen molar-refractivity contribution in [3.05, 3.63) is 71.8 Å². The maximum absolute atomic E-state index is 11.9. The summed E-state index contributed by atoms with van der Waals surface area (Å²) < 4.78 is 5.51. The molecule has 1 aromatic rings. The Morgan fingerprint density at radius 1 is 1.17 bits per heavy atom. The number of ether oxygens (including phenoxy) is 1. The molecule has 0 saturated heterocycles. The summed E-state index contributed by atoms with van der Waals surface area (Å²) in [6.45, 7) is 6.65. The fourth-order valence-electron chi connectivity index (χ4n) is 3.72. The lowest BCUT2D eigenvalue weighted by atomic mass is 9.87. The van der Waals surface area contributed by atoms with Crippen molar-refractivity contribution in [2.75, 3.05) is 20.1 Å².